The number of aromatic amines is 1. The summed E-state index contributed by atoms with van der Waals surface area (Å²) in [6, 6.07) is 7.46. The normalized spacial score (nSPS) is 19.8. The molecule has 5 atom stereocenters. The zero-order chi connectivity index (χ0) is 59.5. The first-order valence-electron chi connectivity index (χ1n) is 29.1. The SMILES string of the molecule is Cc1[nH]nc(Nc2ncnc3cc(OCC4CCN(c5cnc(C(=O)N[C@H]6C[C@@H](C(=O)NC7CCCc8ccccc87)N(C(=O)[C@@H](NC(=O)[C@H](C)N(C)C(=O)OC(C)(C)C)C7CCCCC7)C6)cn5)CC4)c(S(=O)(=O)C(C)(C)C)cc23)c1C. The van der Waals surface area contributed by atoms with Crippen LogP contribution >= 0.6 is 0 Å². The summed E-state index contributed by atoms with van der Waals surface area (Å²) >= 11 is 0. The minimum Gasteiger partial charge on any atom is -0.492 e. The van der Waals surface area contributed by atoms with Gasteiger partial charge in [-0.3, -0.25) is 29.2 Å². The molecule has 4 aliphatic rings. The van der Waals surface area contributed by atoms with Gasteiger partial charge in [-0.2, -0.15) is 5.10 Å². The third kappa shape index (κ3) is 13.7. The number of hydrogen-bond acceptors (Lipinski definition) is 16. The molecule has 2 aliphatic heterocycles. The van der Waals surface area contributed by atoms with E-state index in [4.69, 9.17) is 9.47 Å². The minimum absolute atomic E-state index is 0.00793. The van der Waals surface area contributed by atoms with Crippen molar-refractivity contribution in [2.75, 3.05) is 43.5 Å². The lowest BCUT2D eigenvalue weighted by atomic mass is 9.83. The maximum absolute atomic E-state index is 15.2. The Morgan fingerprint density at radius 1 is 0.867 bits per heavy atom. The molecule has 1 saturated carbocycles. The van der Waals surface area contributed by atoms with Gasteiger partial charge in [0.1, 0.15) is 58.0 Å². The molecule has 0 bridgehead atoms. The van der Waals surface area contributed by atoms with Crippen molar-refractivity contribution in [1.29, 1.82) is 0 Å². The largest absolute Gasteiger partial charge is 0.492 e. The van der Waals surface area contributed by atoms with Crippen molar-refractivity contribution in [3.8, 4) is 5.75 Å². The van der Waals surface area contributed by atoms with Crippen LogP contribution in [0.25, 0.3) is 10.9 Å². The van der Waals surface area contributed by atoms with Gasteiger partial charge in [-0.1, -0.05) is 43.5 Å². The molecule has 5 N–H and O–H groups in total. The number of ether oxygens (including phenoxy) is 2. The van der Waals surface area contributed by atoms with Crippen molar-refractivity contribution >= 4 is 67.9 Å². The molecule has 3 fully saturated rings. The number of carbonyl (C=O) groups is 5. The molecule has 5 amide bonds. The number of nitrogens with zero attached hydrogens (tertiary/aromatic N) is 8. The van der Waals surface area contributed by atoms with E-state index < -0.39 is 68.2 Å². The summed E-state index contributed by atoms with van der Waals surface area (Å²) in [5, 5.41) is 20.4. The molecule has 2 saturated heterocycles. The number of carbonyl (C=O) groups excluding carboxylic acids is 5. The standard InChI is InChI=1S/C60H81N13O9S/c1-35-36(2)69-70-52(35)68-53-43-28-49(83(79,80)60(7,8)9)48(29-45(43)63-34-64-53)81-33-38-23-25-72(26-24-38)50-31-61-46(30-62-50)55(75)65-41-27-47(56(76)66-44-22-16-20-39-17-14-15-21-42(39)44)73(32-41)57(77)51(40-18-12-11-13-19-40)67-54(74)37(3)71(10)58(78)82-59(4,5)6/h14-15,17,21,28-31,34,37-38,40-41,44,47,51H,11-13,16,18-20,22-27,32-33H2,1-10H3,(H,65,75)(H,66,76)(H,67,74)(H2,63,64,68,69,70)/t37-,41-,44?,47-,51-/m0/s1. The molecule has 3 aromatic heterocycles. The Balaban J connectivity index is 0.863. The van der Waals surface area contributed by atoms with Crippen LogP contribution in [0.4, 0.5) is 22.2 Å². The number of H-pyrrole nitrogens is 1. The highest BCUT2D eigenvalue weighted by Crippen LogP contribution is 2.39. The van der Waals surface area contributed by atoms with Crippen LogP contribution in [0.1, 0.15) is 152 Å². The highest BCUT2D eigenvalue weighted by molar-refractivity contribution is 7.92. The number of sulfone groups is 1. The fourth-order valence-electron chi connectivity index (χ4n) is 11.5. The fraction of sp³-hybridized carbons (Fsp3) is 0.567. The van der Waals surface area contributed by atoms with E-state index in [1.165, 1.54) is 34.9 Å². The monoisotopic (exact) mass is 1160 g/mol. The highest BCUT2D eigenvalue weighted by atomic mass is 32.2. The van der Waals surface area contributed by atoms with Gasteiger partial charge in [-0.05, 0) is 143 Å². The summed E-state index contributed by atoms with van der Waals surface area (Å²) in [6.45, 7) is 17.1. The van der Waals surface area contributed by atoms with Crippen LogP contribution in [0.2, 0.25) is 0 Å². The van der Waals surface area contributed by atoms with Gasteiger partial charge in [0.05, 0.1) is 35.3 Å². The van der Waals surface area contributed by atoms with Gasteiger partial charge >= 0.3 is 6.09 Å². The van der Waals surface area contributed by atoms with Crippen molar-refractivity contribution < 1.29 is 41.9 Å². The number of piperidine rings is 1. The van der Waals surface area contributed by atoms with E-state index in [1.54, 1.807) is 66.8 Å². The van der Waals surface area contributed by atoms with E-state index in [9.17, 15) is 27.6 Å². The molecule has 0 radical (unpaired) electrons. The number of nitrogens with one attached hydrogen (secondary N) is 5. The molecule has 2 aromatic carbocycles. The average molecular weight is 1160 g/mol. The third-order valence-electron chi connectivity index (χ3n) is 16.8. The van der Waals surface area contributed by atoms with Gasteiger partial charge in [0.15, 0.2) is 15.7 Å². The Labute approximate surface area is 486 Å². The van der Waals surface area contributed by atoms with E-state index in [0.717, 1.165) is 55.3 Å². The van der Waals surface area contributed by atoms with Crippen LogP contribution < -0.4 is 30.9 Å². The summed E-state index contributed by atoms with van der Waals surface area (Å²) in [7, 11) is -2.41. The van der Waals surface area contributed by atoms with Crippen LogP contribution in [0.3, 0.4) is 0 Å². The van der Waals surface area contributed by atoms with Crippen molar-refractivity contribution in [3.05, 3.63) is 83.2 Å². The molecular weight excluding hydrogens is 1080 g/mol. The third-order valence-corrected chi connectivity index (χ3v) is 19.3. The molecule has 83 heavy (non-hydrogen) atoms. The predicted octanol–water partition coefficient (Wildman–Crippen LogP) is 7.58. The van der Waals surface area contributed by atoms with Gasteiger partial charge < -0.3 is 40.5 Å². The van der Waals surface area contributed by atoms with Gasteiger partial charge in [0.25, 0.3) is 5.91 Å². The van der Waals surface area contributed by atoms with Crippen molar-refractivity contribution in [3.63, 3.8) is 0 Å². The lowest BCUT2D eigenvalue weighted by molar-refractivity contribution is -0.143. The molecular formula is C60H81N13O9S. The van der Waals surface area contributed by atoms with Crippen LogP contribution in [-0.4, -0.2) is 146 Å². The first kappa shape index (κ1) is 60.2. The van der Waals surface area contributed by atoms with Gasteiger partial charge in [0, 0.05) is 55.4 Å². The Kier molecular flexibility index (Phi) is 18.0. The lowest BCUT2D eigenvalue weighted by Gasteiger charge is -2.36. The Morgan fingerprint density at radius 2 is 1.60 bits per heavy atom. The number of anilines is 3. The second-order valence-electron chi connectivity index (χ2n) is 24.8. The number of benzene rings is 2. The number of rotatable bonds is 16. The summed E-state index contributed by atoms with van der Waals surface area (Å²) in [5.74, 6) is -0.134. The average Bonchev–Trinajstić information content (AvgIpc) is 3.53. The summed E-state index contributed by atoms with van der Waals surface area (Å²) in [4.78, 5) is 93.9. The number of aryl methyl sites for hydroxylation is 2. The minimum atomic E-state index is -3.89. The molecule has 1 unspecified atom stereocenters. The topological polar surface area (TPSA) is 276 Å². The molecule has 23 heteroatoms. The maximum Gasteiger partial charge on any atom is 0.410 e. The fourth-order valence-corrected chi connectivity index (χ4v) is 12.8. The van der Waals surface area contributed by atoms with Crippen LogP contribution in [-0.2, 0) is 35.4 Å². The summed E-state index contributed by atoms with van der Waals surface area (Å²) < 4.78 is 39.1. The molecule has 5 aromatic rings. The molecule has 9 rings (SSSR count). The predicted molar refractivity (Wildman–Crippen MR) is 314 cm³/mol. The first-order chi connectivity index (χ1) is 39.4. The zero-order valence-electron chi connectivity index (χ0n) is 49.5. The van der Waals surface area contributed by atoms with Gasteiger partial charge in [-0.15, -0.1) is 0 Å². The summed E-state index contributed by atoms with van der Waals surface area (Å²) in [6.07, 6.45) is 11.9. The molecule has 22 nitrogen and oxygen atoms in total. The van der Waals surface area contributed by atoms with Crippen LogP contribution in [0.15, 0.2) is 60.0 Å². The van der Waals surface area contributed by atoms with E-state index in [1.807, 2.05) is 32.0 Å². The number of fused-ring (bicyclic) bond motifs is 2. The van der Waals surface area contributed by atoms with Gasteiger partial charge in [-0.25, -0.2) is 33.1 Å². The second-order valence-corrected chi connectivity index (χ2v) is 27.5. The number of amides is 5. The lowest BCUT2D eigenvalue weighted by Crippen LogP contribution is -2.59. The molecule has 2 aliphatic carbocycles. The molecule has 5 heterocycles. The second kappa shape index (κ2) is 24.8. The summed E-state index contributed by atoms with van der Waals surface area (Å²) in [5.41, 5.74) is 3.80. The Bertz CT molecular complexity index is 3310. The van der Waals surface area contributed by atoms with E-state index in [0.29, 0.717) is 67.1 Å². The van der Waals surface area contributed by atoms with Crippen molar-refractivity contribution in [2.45, 2.75) is 178 Å². The van der Waals surface area contributed by atoms with E-state index in [2.05, 4.69) is 62.4 Å². The first-order valence-corrected chi connectivity index (χ1v) is 30.6. The Morgan fingerprint density at radius 3 is 2.28 bits per heavy atom. The number of aromatic nitrogens is 6. The number of likely N-dealkylation sites (tertiary alicyclic amines) is 1. The highest BCUT2D eigenvalue weighted by Gasteiger charge is 2.46. The van der Waals surface area contributed by atoms with Crippen molar-refractivity contribution in [1.82, 2.24) is 55.9 Å². The van der Waals surface area contributed by atoms with E-state index >= 15 is 4.79 Å². The van der Waals surface area contributed by atoms with Gasteiger partial charge in [0.2, 0.25) is 17.7 Å². The van der Waals surface area contributed by atoms with Crippen molar-refractivity contribution in [2.24, 2.45) is 11.8 Å². The number of hydrogen-bond donors (Lipinski definition) is 5. The van der Waals surface area contributed by atoms with Crippen LogP contribution in [0, 0.1) is 25.7 Å². The maximum atomic E-state index is 15.2. The smallest absolute Gasteiger partial charge is 0.410 e. The quantitative estimate of drug-likeness (QED) is 0.0637. The zero-order valence-corrected chi connectivity index (χ0v) is 50.3. The Hall–Kier alpha value is -7.43. The number of likely N-dealkylation sites (N-methyl/N-ethyl adjacent to an activating group) is 1. The van der Waals surface area contributed by atoms with Crippen LogP contribution in [0.5, 0.6) is 5.75 Å². The van der Waals surface area contributed by atoms with E-state index in [-0.39, 0.29) is 59.7 Å². The molecule has 446 valence electrons. The molecule has 0 spiro atoms.